The molecule has 0 saturated carbocycles. The van der Waals surface area contributed by atoms with E-state index in [0.29, 0.717) is 0 Å². The topological polar surface area (TPSA) is 29.1 Å². The Morgan fingerprint density at radius 1 is 1.27 bits per heavy atom. The fraction of sp³-hybridized carbons (Fsp3) is 0.875. The van der Waals surface area contributed by atoms with E-state index >= 15 is 0 Å². The average Bonchev–Trinajstić information content (AvgIpc) is 1.87. The minimum absolute atomic E-state index is 0.0160. The maximum atomic E-state index is 11.1. The van der Waals surface area contributed by atoms with Crippen molar-refractivity contribution in [3.63, 3.8) is 0 Å². The molecule has 0 aromatic rings. The summed E-state index contributed by atoms with van der Waals surface area (Å²) in [6.07, 6.45) is 0. The van der Waals surface area contributed by atoms with Crippen molar-refractivity contribution in [1.29, 1.82) is 0 Å². The molecular formula is C8H16ClNO. The van der Waals surface area contributed by atoms with Gasteiger partial charge in [-0.15, -0.1) is 11.6 Å². The molecule has 0 rings (SSSR count). The minimum atomic E-state index is -0.0160. The zero-order chi connectivity index (χ0) is 9.02. The van der Waals surface area contributed by atoms with E-state index in [1.165, 1.54) is 0 Å². The molecule has 1 N–H and O–H groups in total. The predicted octanol–water partition coefficient (Wildman–Crippen LogP) is 1.77. The second-order valence-electron chi connectivity index (χ2n) is 3.13. The second kappa shape index (κ2) is 4.60. The van der Waals surface area contributed by atoms with Crippen molar-refractivity contribution in [2.75, 3.05) is 0 Å². The van der Waals surface area contributed by atoms with Crippen LogP contribution in [0.4, 0.5) is 0 Å². The number of nitrogens with one attached hydrogen (secondary N) is 1. The third kappa shape index (κ3) is 4.25. The van der Waals surface area contributed by atoms with Gasteiger partial charge in [0.25, 0.3) is 0 Å². The first kappa shape index (κ1) is 10.8. The molecule has 2 unspecified atom stereocenters. The number of halogens is 1. The lowest BCUT2D eigenvalue weighted by Gasteiger charge is -2.17. The quantitative estimate of drug-likeness (QED) is 0.655. The summed E-state index contributed by atoms with van der Waals surface area (Å²) in [4.78, 5) is 11.1. The summed E-state index contributed by atoms with van der Waals surface area (Å²) in [7, 11) is 0. The summed E-state index contributed by atoms with van der Waals surface area (Å²) in [6.45, 7) is 7.49. The van der Waals surface area contributed by atoms with Crippen LogP contribution in [0.15, 0.2) is 0 Å². The number of amides is 1. The summed E-state index contributed by atoms with van der Waals surface area (Å²) >= 11 is 5.76. The van der Waals surface area contributed by atoms with Crippen molar-refractivity contribution in [2.45, 2.75) is 39.1 Å². The summed E-state index contributed by atoms with van der Waals surface area (Å²) in [5.41, 5.74) is 0. The van der Waals surface area contributed by atoms with Gasteiger partial charge in [0.1, 0.15) is 0 Å². The van der Waals surface area contributed by atoms with Crippen LogP contribution >= 0.6 is 11.6 Å². The van der Waals surface area contributed by atoms with Gasteiger partial charge in [-0.1, -0.05) is 13.8 Å². The van der Waals surface area contributed by atoms with E-state index in [4.69, 9.17) is 11.6 Å². The van der Waals surface area contributed by atoms with E-state index < -0.39 is 0 Å². The molecular weight excluding hydrogens is 162 g/mol. The fourth-order valence-electron chi connectivity index (χ4n) is 0.506. The second-order valence-corrected chi connectivity index (χ2v) is 3.82. The molecule has 0 aromatic heterocycles. The monoisotopic (exact) mass is 177 g/mol. The van der Waals surface area contributed by atoms with Crippen molar-refractivity contribution < 1.29 is 4.79 Å². The number of hydrogen-bond acceptors (Lipinski definition) is 1. The molecule has 11 heavy (non-hydrogen) atoms. The lowest BCUT2D eigenvalue weighted by molar-refractivity contribution is -0.124. The molecule has 2 nitrogen and oxygen atoms in total. The van der Waals surface area contributed by atoms with E-state index in [0.717, 1.165) is 0 Å². The Balaban J connectivity index is 3.76. The normalized spacial score (nSPS) is 16.2. The van der Waals surface area contributed by atoms with Gasteiger partial charge in [-0.2, -0.15) is 0 Å². The van der Waals surface area contributed by atoms with E-state index in [1.807, 2.05) is 27.7 Å². The van der Waals surface area contributed by atoms with Crippen LogP contribution in [0.25, 0.3) is 0 Å². The molecule has 0 fully saturated rings. The standard InChI is InChI=1S/C8H16ClNO/c1-5(2)8(11)10-7(4)6(3)9/h5-7H,1-4H3,(H,10,11). The van der Waals surface area contributed by atoms with Crippen LogP contribution in [0.2, 0.25) is 0 Å². The largest absolute Gasteiger partial charge is 0.352 e. The highest BCUT2D eigenvalue weighted by Gasteiger charge is 2.13. The molecule has 0 aliphatic rings. The Hall–Kier alpha value is -0.240. The van der Waals surface area contributed by atoms with E-state index in [2.05, 4.69) is 5.32 Å². The first-order valence-corrected chi connectivity index (χ1v) is 4.33. The van der Waals surface area contributed by atoms with Crippen LogP contribution in [0.1, 0.15) is 27.7 Å². The lowest BCUT2D eigenvalue weighted by Crippen LogP contribution is -2.39. The van der Waals surface area contributed by atoms with Gasteiger partial charge in [-0.25, -0.2) is 0 Å². The van der Waals surface area contributed by atoms with Crippen LogP contribution in [-0.2, 0) is 4.79 Å². The van der Waals surface area contributed by atoms with E-state index in [-0.39, 0.29) is 23.2 Å². The zero-order valence-electron chi connectivity index (χ0n) is 7.52. The van der Waals surface area contributed by atoms with Crippen molar-refractivity contribution in [2.24, 2.45) is 5.92 Å². The summed E-state index contributed by atoms with van der Waals surface area (Å²) < 4.78 is 0. The maximum absolute atomic E-state index is 11.1. The molecule has 2 atom stereocenters. The number of alkyl halides is 1. The number of hydrogen-bond donors (Lipinski definition) is 1. The first-order valence-electron chi connectivity index (χ1n) is 3.89. The molecule has 3 heteroatoms. The van der Waals surface area contributed by atoms with Crippen molar-refractivity contribution in [1.82, 2.24) is 5.32 Å². The van der Waals surface area contributed by atoms with Crippen LogP contribution < -0.4 is 5.32 Å². The third-order valence-electron chi connectivity index (χ3n) is 1.58. The Bertz CT molecular complexity index is 134. The highest BCUT2D eigenvalue weighted by atomic mass is 35.5. The van der Waals surface area contributed by atoms with Gasteiger partial charge in [0, 0.05) is 12.0 Å². The molecule has 66 valence electrons. The molecule has 0 saturated heterocycles. The predicted molar refractivity (Wildman–Crippen MR) is 47.8 cm³/mol. The first-order chi connectivity index (χ1) is 4.95. The van der Waals surface area contributed by atoms with Gasteiger partial charge in [0.15, 0.2) is 0 Å². The van der Waals surface area contributed by atoms with Crippen molar-refractivity contribution in [3.05, 3.63) is 0 Å². The molecule has 1 amide bonds. The van der Waals surface area contributed by atoms with Gasteiger partial charge >= 0.3 is 0 Å². The number of carbonyl (C=O) groups is 1. The minimum Gasteiger partial charge on any atom is -0.352 e. The molecule has 0 spiro atoms. The van der Waals surface area contributed by atoms with Crippen LogP contribution in [0.3, 0.4) is 0 Å². The maximum Gasteiger partial charge on any atom is 0.222 e. The Labute approximate surface area is 73.3 Å². The highest BCUT2D eigenvalue weighted by molar-refractivity contribution is 6.20. The van der Waals surface area contributed by atoms with Crippen LogP contribution in [-0.4, -0.2) is 17.3 Å². The third-order valence-corrected chi connectivity index (χ3v) is 1.96. The molecule has 0 bridgehead atoms. The van der Waals surface area contributed by atoms with E-state index in [1.54, 1.807) is 0 Å². The van der Waals surface area contributed by atoms with Gasteiger partial charge in [-0.3, -0.25) is 4.79 Å². The molecule has 0 aromatic carbocycles. The van der Waals surface area contributed by atoms with Gasteiger partial charge in [0.2, 0.25) is 5.91 Å². The van der Waals surface area contributed by atoms with Gasteiger partial charge in [-0.05, 0) is 13.8 Å². The van der Waals surface area contributed by atoms with Crippen LogP contribution in [0, 0.1) is 5.92 Å². The Morgan fingerprint density at radius 3 is 2.00 bits per heavy atom. The fourth-order valence-corrected chi connectivity index (χ4v) is 0.569. The number of rotatable bonds is 3. The zero-order valence-corrected chi connectivity index (χ0v) is 8.27. The molecule has 0 aliphatic carbocycles. The molecule has 0 heterocycles. The molecule has 0 aliphatic heterocycles. The smallest absolute Gasteiger partial charge is 0.222 e. The summed E-state index contributed by atoms with van der Waals surface area (Å²) in [5.74, 6) is 0.0952. The number of carbonyl (C=O) groups excluding carboxylic acids is 1. The van der Waals surface area contributed by atoms with Crippen molar-refractivity contribution in [3.8, 4) is 0 Å². The van der Waals surface area contributed by atoms with Crippen LogP contribution in [0.5, 0.6) is 0 Å². The Morgan fingerprint density at radius 2 is 1.73 bits per heavy atom. The van der Waals surface area contributed by atoms with Gasteiger partial charge < -0.3 is 5.32 Å². The average molecular weight is 178 g/mol. The van der Waals surface area contributed by atoms with Gasteiger partial charge in [0.05, 0.1) is 5.38 Å². The SMILES string of the molecule is CC(C)C(=O)NC(C)C(C)Cl. The Kier molecular flexibility index (Phi) is 4.50. The summed E-state index contributed by atoms with van der Waals surface area (Å²) in [5, 5.41) is 2.79. The molecule has 0 radical (unpaired) electrons. The highest BCUT2D eigenvalue weighted by Crippen LogP contribution is 2.01. The van der Waals surface area contributed by atoms with Crippen molar-refractivity contribution >= 4 is 17.5 Å². The van der Waals surface area contributed by atoms with E-state index in [9.17, 15) is 4.79 Å². The lowest BCUT2D eigenvalue weighted by atomic mass is 10.2. The summed E-state index contributed by atoms with van der Waals surface area (Å²) in [6, 6.07) is 0.0477.